The predicted molar refractivity (Wildman–Crippen MR) is 93.9 cm³/mol. The maximum Gasteiger partial charge on any atom is 0.387 e. The highest BCUT2D eigenvalue weighted by atomic mass is 19.3. The molecule has 1 amide bonds. The van der Waals surface area contributed by atoms with Crippen molar-refractivity contribution in [1.29, 1.82) is 0 Å². The molecule has 1 saturated heterocycles. The first-order valence-corrected chi connectivity index (χ1v) is 8.77. The van der Waals surface area contributed by atoms with Gasteiger partial charge in [0.15, 0.2) is 0 Å². The van der Waals surface area contributed by atoms with Crippen molar-refractivity contribution < 1.29 is 18.3 Å². The molecule has 4 nitrogen and oxygen atoms in total. The van der Waals surface area contributed by atoms with Gasteiger partial charge in [0.1, 0.15) is 5.75 Å². The summed E-state index contributed by atoms with van der Waals surface area (Å²) in [5.74, 6) is 0.191. The summed E-state index contributed by atoms with van der Waals surface area (Å²) < 4.78 is 28.6. The molecule has 0 spiro atoms. The highest BCUT2D eigenvalue weighted by Gasteiger charge is 2.22. The lowest BCUT2D eigenvalue weighted by Crippen LogP contribution is -2.49. The van der Waals surface area contributed by atoms with Gasteiger partial charge in [-0.1, -0.05) is 32.9 Å². The number of piperazine rings is 1. The van der Waals surface area contributed by atoms with Crippen molar-refractivity contribution in [1.82, 2.24) is 9.80 Å². The van der Waals surface area contributed by atoms with Crippen LogP contribution in [0.2, 0.25) is 0 Å². The van der Waals surface area contributed by atoms with Crippen LogP contribution in [0.5, 0.6) is 5.75 Å². The summed E-state index contributed by atoms with van der Waals surface area (Å²) in [5, 5.41) is 0. The fourth-order valence-corrected chi connectivity index (χ4v) is 2.79. The molecular formula is C19H28F2N2O2. The second-order valence-corrected chi connectivity index (χ2v) is 7.73. The van der Waals surface area contributed by atoms with Crippen LogP contribution in [0.1, 0.15) is 32.8 Å². The Morgan fingerprint density at radius 2 is 1.72 bits per heavy atom. The van der Waals surface area contributed by atoms with Crippen molar-refractivity contribution in [2.75, 3.05) is 32.7 Å². The van der Waals surface area contributed by atoms with Gasteiger partial charge in [-0.2, -0.15) is 8.78 Å². The number of carbonyl (C=O) groups is 1. The quantitative estimate of drug-likeness (QED) is 0.785. The smallest absolute Gasteiger partial charge is 0.387 e. The van der Waals surface area contributed by atoms with Gasteiger partial charge in [-0.05, 0) is 36.1 Å². The molecule has 1 aliphatic rings. The average Bonchev–Trinajstić information content (AvgIpc) is 2.54. The predicted octanol–water partition coefficient (Wildman–Crippen LogP) is 3.41. The Kier molecular flexibility index (Phi) is 6.76. The maximum absolute atomic E-state index is 12.4. The standard InChI is InChI=1S/C19H28F2N2O2/c1-19(2,3)8-9-22-10-12-23(13-11-22)17(24)14-15-4-6-16(7-5-15)25-18(20)21/h4-7,18H,8-14H2,1-3H3. The molecule has 1 heterocycles. The number of hydrogen-bond donors (Lipinski definition) is 0. The summed E-state index contributed by atoms with van der Waals surface area (Å²) in [6, 6.07) is 6.27. The van der Waals surface area contributed by atoms with E-state index in [-0.39, 0.29) is 18.1 Å². The molecule has 0 aliphatic carbocycles. The van der Waals surface area contributed by atoms with Crippen LogP contribution in [-0.4, -0.2) is 55.0 Å². The van der Waals surface area contributed by atoms with Crippen LogP contribution in [0.15, 0.2) is 24.3 Å². The number of ether oxygens (including phenoxy) is 1. The zero-order valence-corrected chi connectivity index (χ0v) is 15.3. The summed E-state index contributed by atoms with van der Waals surface area (Å²) in [7, 11) is 0. The molecule has 0 unspecified atom stereocenters. The zero-order chi connectivity index (χ0) is 18.4. The number of amides is 1. The van der Waals surface area contributed by atoms with Crippen molar-refractivity contribution in [3.63, 3.8) is 0 Å². The van der Waals surface area contributed by atoms with Crippen LogP contribution in [0.3, 0.4) is 0 Å². The summed E-state index contributed by atoms with van der Waals surface area (Å²) in [6.07, 6.45) is 1.44. The topological polar surface area (TPSA) is 32.8 Å². The first-order chi connectivity index (χ1) is 11.7. The number of halogens is 2. The zero-order valence-electron chi connectivity index (χ0n) is 15.3. The van der Waals surface area contributed by atoms with E-state index in [4.69, 9.17) is 0 Å². The van der Waals surface area contributed by atoms with Gasteiger partial charge >= 0.3 is 6.61 Å². The van der Waals surface area contributed by atoms with E-state index in [2.05, 4.69) is 30.4 Å². The fraction of sp³-hybridized carbons (Fsp3) is 0.632. The van der Waals surface area contributed by atoms with Gasteiger partial charge in [-0.3, -0.25) is 9.69 Å². The van der Waals surface area contributed by atoms with Crippen molar-refractivity contribution in [2.45, 2.75) is 40.2 Å². The van der Waals surface area contributed by atoms with Gasteiger partial charge in [0.25, 0.3) is 0 Å². The van der Waals surface area contributed by atoms with Crippen molar-refractivity contribution in [3.05, 3.63) is 29.8 Å². The molecule has 140 valence electrons. The first-order valence-electron chi connectivity index (χ1n) is 8.77. The second kappa shape index (κ2) is 8.61. The van der Waals surface area contributed by atoms with Crippen molar-refractivity contribution >= 4 is 5.91 Å². The molecule has 2 rings (SSSR count). The van der Waals surface area contributed by atoms with Crippen LogP contribution in [0, 0.1) is 5.41 Å². The summed E-state index contributed by atoms with van der Waals surface area (Å²) in [5.41, 5.74) is 1.13. The summed E-state index contributed by atoms with van der Waals surface area (Å²) in [6.45, 7) is 8.26. The van der Waals surface area contributed by atoms with E-state index in [0.29, 0.717) is 5.41 Å². The minimum Gasteiger partial charge on any atom is -0.435 e. The average molecular weight is 354 g/mol. The van der Waals surface area contributed by atoms with Crippen molar-refractivity contribution in [2.24, 2.45) is 5.41 Å². The third kappa shape index (κ3) is 6.98. The van der Waals surface area contributed by atoms with Crippen LogP contribution in [0.25, 0.3) is 0 Å². The third-order valence-electron chi connectivity index (χ3n) is 4.41. The number of alkyl halides is 2. The number of nitrogens with zero attached hydrogens (tertiary/aromatic N) is 2. The maximum atomic E-state index is 12.4. The largest absolute Gasteiger partial charge is 0.435 e. The van der Waals surface area contributed by atoms with Crippen molar-refractivity contribution in [3.8, 4) is 5.75 Å². The van der Waals surface area contributed by atoms with Crippen LogP contribution in [0.4, 0.5) is 8.78 Å². The Balaban J connectivity index is 1.77. The SMILES string of the molecule is CC(C)(C)CCN1CCN(C(=O)Cc2ccc(OC(F)F)cc2)CC1. The fourth-order valence-electron chi connectivity index (χ4n) is 2.79. The molecule has 1 aromatic carbocycles. The van der Waals surface area contributed by atoms with Gasteiger partial charge in [0, 0.05) is 26.2 Å². The van der Waals surface area contributed by atoms with Gasteiger partial charge < -0.3 is 9.64 Å². The highest BCUT2D eigenvalue weighted by Crippen LogP contribution is 2.20. The Morgan fingerprint density at radius 1 is 1.12 bits per heavy atom. The Bertz CT molecular complexity index is 548. The number of benzene rings is 1. The van der Waals surface area contributed by atoms with E-state index >= 15 is 0 Å². The molecule has 1 aliphatic heterocycles. The normalized spacial score (nSPS) is 16.3. The van der Waals surface area contributed by atoms with E-state index in [1.165, 1.54) is 12.1 Å². The van der Waals surface area contributed by atoms with E-state index in [9.17, 15) is 13.6 Å². The monoisotopic (exact) mass is 354 g/mol. The number of carbonyl (C=O) groups excluding carboxylic acids is 1. The minimum absolute atomic E-state index is 0.0815. The molecule has 0 atom stereocenters. The molecule has 1 aromatic rings. The van der Waals surface area contributed by atoms with Gasteiger partial charge in [-0.25, -0.2) is 0 Å². The molecule has 0 saturated carbocycles. The molecule has 0 N–H and O–H groups in total. The molecule has 0 aromatic heterocycles. The highest BCUT2D eigenvalue weighted by molar-refractivity contribution is 5.78. The van der Waals surface area contributed by atoms with Crippen LogP contribution >= 0.6 is 0 Å². The van der Waals surface area contributed by atoms with E-state index < -0.39 is 6.61 Å². The third-order valence-corrected chi connectivity index (χ3v) is 4.41. The minimum atomic E-state index is -2.83. The second-order valence-electron chi connectivity index (χ2n) is 7.73. The van der Waals surface area contributed by atoms with Gasteiger partial charge in [0.05, 0.1) is 6.42 Å². The molecule has 6 heteroatoms. The summed E-state index contributed by atoms with van der Waals surface area (Å²) >= 11 is 0. The molecular weight excluding hydrogens is 326 g/mol. The number of rotatable bonds is 6. The molecule has 0 radical (unpaired) electrons. The van der Waals surface area contributed by atoms with E-state index in [1.54, 1.807) is 12.1 Å². The Morgan fingerprint density at radius 3 is 2.24 bits per heavy atom. The molecule has 1 fully saturated rings. The number of hydrogen-bond acceptors (Lipinski definition) is 3. The lowest BCUT2D eigenvalue weighted by molar-refractivity contribution is -0.132. The Labute approximate surface area is 148 Å². The van der Waals surface area contributed by atoms with Crippen LogP contribution in [-0.2, 0) is 11.2 Å². The summed E-state index contributed by atoms with van der Waals surface area (Å²) in [4.78, 5) is 16.7. The Hall–Kier alpha value is -1.69. The lowest BCUT2D eigenvalue weighted by atomic mass is 9.92. The molecule has 0 bridgehead atoms. The van der Waals surface area contributed by atoms with E-state index in [0.717, 1.165) is 44.7 Å². The first kappa shape index (κ1) is 19.6. The van der Waals surface area contributed by atoms with Gasteiger partial charge in [0.2, 0.25) is 5.91 Å². The van der Waals surface area contributed by atoms with Crippen LogP contribution < -0.4 is 4.74 Å². The molecule has 25 heavy (non-hydrogen) atoms. The lowest BCUT2D eigenvalue weighted by Gasteiger charge is -2.36. The van der Waals surface area contributed by atoms with E-state index in [1.807, 2.05) is 4.90 Å². The van der Waals surface area contributed by atoms with Gasteiger partial charge in [-0.15, -0.1) is 0 Å².